The Morgan fingerprint density at radius 1 is 1.40 bits per heavy atom. The third-order valence-corrected chi connectivity index (χ3v) is 4.95. The van der Waals surface area contributed by atoms with Crippen LogP contribution in [0.2, 0.25) is 0 Å². The van der Waals surface area contributed by atoms with E-state index >= 15 is 0 Å². The molecule has 1 aliphatic rings. The summed E-state index contributed by atoms with van der Waals surface area (Å²) in [4.78, 5) is 0. The van der Waals surface area contributed by atoms with Gasteiger partial charge in [-0.25, -0.2) is 0 Å². The summed E-state index contributed by atoms with van der Waals surface area (Å²) in [5.41, 5.74) is 10.6. The van der Waals surface area contributed by atoms with Crippen LogP contribution in [0.5, 0.6) is 0 Å². The van der Waals surface area contributed by atoms with Crippen LogP contribution in [0.1, 0.15) is 36.2 Å². The van der Waals surface area contributed by atoms with Crippen molar-refractivity contribution in [3.05, 3.63) is 51.8 Å². The van der Waals surface area contributed by atoms with Crippen LogP contribution in [0.15, 0.2) is 34.9 Å². The molecule has 3 rings (SSSR count). The Morgan fingerprint density at radius 2 is 2.15 bits per heavy atom. The average molecular weight is 334 g/mol. The number of aromatic nitrogens is 2. The molecule has 0 spiro atoms. The first kappa shape index (κ1) is 13.8. The lowest BCUT2D eigenvalue weighted by atomic mass is 9.79. The first-order chi connectivity index (χ1) is 9.70. The summed E-state index contributed by atoms with van der Waals surface area (Å²) in [5, 5.41) is 4.38. The minimum Gasteiger partial charge on any atom is -0.322 e. The van der Waals surface area contributed by atoms with Gasteiger partial charge in [0, 0.05) is 6.54 Å². The Kier molecular flexibility index (Phi) is 3.94. The summed E-state index contributed by atoms with van der Waals surface area (Å²) in [5.74, 6) is 0.489. The number of nitrogens with two attached hydrogens (primary N) is 1. The van der Waals surface area contributed by atoms with Crippen molar-refractivity contribution in [1.29, 1.82) is 0 Å². The van der Waals surface area contributed by atoms with Crippen LogP contribution < -0.4 is 5.73 Å². The molecule has 0 fully saturated rings. The SMILES string of the molecule is CCn1ncc(Br)c1C(N)C1CCc2ccccc2C1. The Bertz CT molecular complexity index is 606. The van der Waals surface area contributed by atoms with Gasteiger partial charge in [0.1, 0.15) is 0 Å². The largest absolute Gasteiger partial charge is 0.322 e. The fraction of sp³-hybridized carbons (Fsp3) is 0.438. The van der Waals surface area contributed by atoms with Crippen molar-refractivity contribution in [2.45, 2.75) is 38.8 Å². The average Bonchev–Trinajstić information content (AvgIpc) is 2.87. The molecule has 1 aromatic heterocycles. The molecule has 0 radical (unpaired) electrons. The van der Waals surface area contributed by atoms with Crippen LogP contribution in [0, 0.1) is 5.92 Å². The van der Waals surface area contributed by atoms with Crippen LogP contribution >= 0.6 is 15.9 Å². The van der Waals surface area contributed by atoms with Gasteiger partial charge in [0.2, 0.25) is 0 Å². The van der Waals surface area contributed by atoms with E-state index in [9.17, 15) is 0 Å². The second kappa shape index (κ2) is 5.70. The zero-order chi connectivity index (χ0) is 14.1. The second-order valence-electron chi connectivity index (χ2n) is 5.49. The fourth-order valence-electron chi connectivity index (χ4n) is 3.21. The predicted octanol–water partition coefficient (Wildman–Crippen LogP) is 3.47. The van der Waals surface area contributed by atoms with Crippen molar-refractivity contribution in [1.82, 2.24) is 9.78 Å². The standard InChI is InChI=1S/C16H20BrN3/c1-2-20-16(14(17)10-19-20)15(18)13-8-7-11-5-3-4-6-12(11)9-13/h3-6,10,13,15H,2,7-9,18H2,1H3. The number of hydrogen-bond acceptors (Lipinski definition) is 2. The van der Waals surface area contributed by atoms with Gasteiger partial charge in [0.05, 0.1) is 22.4 Å². The molecule has 3 nitrogen and oxygen atoms in total. The smallest absolute Gasteiger partial charge is 0.0696 e. The van der Waals surface area contributed by atoms with E-state index in [1.165, 1.54) is 11.1 Å². The number of aryl methyl sites for hydroxylation is 2. The monoisotopic (exact) mass is 333 g/mol. The second-order valence-corrected chi connectivity index (χ2v) is 6.35. The van der Waals surface area contributed by atoms with E-state index in [2.05, 4.69) is 52.2 Å². The van der Waals surface area contributed by atoms with Gasteiger partial charge in [-0.1, -0.05) is 24.3 Å². The van der Waals surface area contributed by atoms with Crippen molar-refractivity contribution >= 4 is 15.9 Å². The lowest BCUT2D eigenvalue weighted by molar-refractivity contribution is 0.363. The van der Waals surface area contributed by atoms with Gasteiger partial charge in [0.15, 0.2) is 0 Å². The number of hydrogen-bond donors (Lipinski definition) is 1. The van der Waals surface area contributed by atoms with E-state index < -0.39 is 0 Å². The Morgan fingerprint density at radius 3 is 2.90 bits per heavy atom. The number of benzene rings is 1. The van der Waals surface area contributed by atoms with E-state index in [0.717, 1.165) is 36.0 Å². The number of halogens is 1. The topological polar surface area (TPSA) is 43.8 Å². The van der Waals surface area contributed by atoms with Crippen molar-refractivity contribution in [2.24, 2.45) is 11.7 Å². The molecular formula is C16H20BrN3. The van der Waals surface area contributed by atoms with Gasteiger partial charge in [-0.2, -0.15) is 5.10 Å². The molecule has 0 saturated heterocycles. The molecule has 0 saturated carbocycles. The third-order valence-electron chi connectivity index (χ3n) is 4.34. The molecule has 20 heavy (non-hydrogen) atoms. The highest BCUT2D eigenvalue weighted by atomic mass is 79.9. The van der Waals surface area contributed by atoms with Gasteiger partial charge in [0.25, 0.3) is 0 Å². The Labute approximate surface area is 128 Å². The van der Waals surface area contributed by atoms with Gasteiger partial charge in [-0.05, 0) is 59.2 Å². The zero-order valence-corrected chi connectivity index (χ0v) is 13.3. The van der Waals surface area contributed by atoms with Crippen molar-refractivity contribution in [3.63, 3.8) is 0 Å². The molecule has 4 heteroatoms. The lowest BCUT2D eigenvalue weighted by Gasteiger charge is -2.29. The number of rotatable bonds is 3. The van der Waals surface area contributed by atoms with Crippen LogP contribution in [-0.4, -0.2) is 9.78 Å². The summed E-state index contributed by atoms with van der Waals surface area (Å²) < 4.78 is 3.04. The van der Waals surface area contributed by atoms with Crippen molar-refractivity contribution in [3.8, 4) is 0 Å². The molecule has 0 amide bonds. The van der Waals surface area contributed by atoms with Gasteiger partial charge < -0.3 is 5.73 Å². The highest BCUT2D eigenvalue weighted by Crippen LogP contribution is 2.35. The van der Waals surface area contributed by atoms with Gasteiger partial charge in [-0.3, -0.25) is 4.68 Å². The first-order valence-corrected chi connectivity index (χ1v) is 8.03. The van der Waals surface area contributed by atoms with Gasteiger partial charge in [-0.15, -0.1) is 0 Å². The van der Waals surface area contributed by atoms with E-state index in [0.29, 0.717) is 5.92 Å². The summed E-state index contributed by atoms with van der Waals surface area (Å²) in [6.07, 6.45) is 5.21. The Balaban J connectivity index is 1.85. The molecule has 0 aliphatic heterocycles. The first-order valence-electron chi connectivity index (χ1n) is 7.24. The van der Waals surface area contributed by atoms with E-state index in [4.69, 9.17) is 5.73 Å². The maximum Gasteiger partial charge on any atom is 0.0696 e. The van der Waals surface area contributed by atoms with Crippen LogP contribution in [0.3, 0.4) is 0 Å². The molecule has 2 atom stereocenters. The van der Waals surface area contributed by atoms with Crippen LogP contribution in [0.4, 0.5) is 0 Å². The molecule has 2 unspecified atom stereocenters. The quantitative estimate of drug-likeness (QED) is 0.934. The summed E-state index contributed by atoms with van der Waals surface area (Å²) in [6.45, 7) is 2.96. The normalized spacial score (nSPS) is 19.6. The van der Waals surface area contributed by atoms with E-state index in [1.54, 1.807) is 0 Å². The minimum absolute atomic E-state index is 0.0418. The maximum absolute atomic E-state index is 6.56. The van der Waals surface area contributed by atoms with E-state index in [-0.39, 0.29) is 6.04 Å². The molecule has 2 N–H and O–H groups in total. The zero-order valence-electron chi connectivity index (χ0n) is 11.7. The summed E-state index contributed by atoms with van der Waals surface area (Å²) >= 11 is 3.59. The highest BCUT2D eigenvalue weighted by Gasteiger charge is 2.28. The molecule has 1 aromatic carbocycles. The predicted molar refractivity (Wildman–Crippen MR) is 84.5 cm³/mol. The summed E-state index contributed by atoms with van der Waals surface area (Å²) in [7, 11) is 0. The molecule has 1 aliphatic carbocycles. The fourth-order valence-corrected chi connectivity index (χ4v) is 3.77. The molecule has 0 bridgehead atoms. The maximum atomic E-state index is 6.56. The number of fused-ring (bicyclic) bond motifs is 1. The molecule has 106 valence electrons. The molecular weight excluding hydrogens is 314 g/mol. The van der Waals surface area contributed by atoms with Crippen molar-refractivity contribution < 1.29 is 0 Å². The number of nitrogens with zero attached hydrogens (tertiary/aromatic N) is 2. The van der Waals surface area contributed by atoms with E-state index in [1.807, 2.05) is 10.9 Å². The minimum atomic E-state index is 0.0418. The Hall–Kier alpha value is -1.13. The highest BCUT2D eigenvalue weighted by molar-refractivity contribution is 9.10. The van der Waals surface area contributed by atoms with Gasteiger partial charge >= 0.3 is 0 Å². The van der Waals surface area contributed by atoms with Crippen LogP contribution in [-0.2, 0) is 19.4 Å². The lowest BCUT2D eigenvalue weighted by Crippen LogP contribution is -2.29. The van der Waals surface area contributed by atoms with Crippen molar-refractivity contribution in [2.75, 3.05) is 0 Å². The molecule has 2 aromatic rings. The summed E-state index contributed by atoms with van der Waals surface area (Å²) in [6, 6.07) is 8.77. The van der Waals surface area contributed by atoms with Crippen LogP contribution in [0.25, 0.3) is 0 Å². The molecule has 1 heterocycles. The third kappa shape index (κ3) is 2.42.